The first-order chi connectivity index (χ1) is 15.2. The van der Waals surface area contributed by atoms with Crippen LogP contribution in [0.2, 0.25) is 0 Å². The summed E-state index contributed by atoms with van der Waals surface area (Å²) in [4.78, 5) is 19.0. The van der Waals surface area contributed by atoms with Gasteiger partial charge in [0.15, 0.2) is 5.13 Å². The number of carbonyl (C=O) groups is 1. The van der Waals surface area contributed by atoms with Crippen molar-refractivity contribution in [1.82, 2.24) is 19.7 Å². The molecule has 2 aromatic heterocycles. The Morgan fingerprint density at radius 2 is 2.16 bits per heavy atom. The van der Waals surface area contributed by atoms with E-state index in [4.69, 9.17) is 4.74 Å². The fourth-order valence-corrected chi connectivity index (χ4v) is 4.57. The highest BCUT2D eigenvalue weighted by Crippen LogP contribution is 2.31. The number of aromatic nitrogens is 3. The SMILES string of the molecule is CCN(Cc1cnn(CC)c1)[C@@H]1CCO[C@H](c2ccc(C(=O)Nc3nccs3)cc2)C1. The minimum absolute atomic E-state index is 0.0437. The van der Waals surface area contributed by atoms with Crippen LogP contribution in [0.15, 0.2) is 48.2 Å². The van der Waals surface area contributed by atoms with Gasteiger partial charge in [0, 0.05) is 54.6 Å². The lowest BCUT2D eigenvalue weighted by molar-refractivity contribution is -0.0295. The largest absolute Gasteiger partial charge is 0.373 e. The molecule has 0 aliphatic carbocycles. The molecule has 0 saturated carbocycles. The third-order valence-electron chi connectivity index (χ3n) is 5.77. The average Bonchev–Trinajstić information content (AvgIpc) is 3.49. The van der Waals surface area contributed by atoms with Gasteiger partial charge in [0.25, 0.3) is 5.91 Å². The first-order valence-corrected chi connectivity index (χ1v) is 11.7. The van der Waals surface area contributed by atoms with Crippen molar-refractivity contribution in [2.24, 2.45) is 0 Å². The van der Waals surface area contributed by atoms with Gasteiger partial charge in [-0.05, 0) is 44.0 Å². The summed E-state index contributed by atoms with van der Waals surface area (Å²) < 4.78 is 8.07. The fourth-order valence-electron chi connectivity index (χ4n) is 4.04. The van der Waals surface area contributed by atoms with Gasteiger partial charge >= 0.3 is 0 Å². The highest BCUT2D eigenvalue weighted by Gasteiger charge is 2.28. The summed E-state index contributed by atoms with van der Waals surface area (Å²) in [5, 5.41) is 9.67. The monoisotopic (exact) mass is 439 g/mol. The lowest BCUT2D eigenvalue weighted by atomic mass is 9.95. The van der Waals surface area contributed by atoms with Gasteiger partial charge in [-0.3, -0.25) is 19.7 Å². The highest BCUT2D eigenvalue weighted by molar-refractivity contribution is 7.13. The van der Waals surface area contributed by atoms with Gasteiger partial charge in [0.2, 0.25) is 0 Å². The number of amides is 1. The fraction of sp³-hybridized carbons (Fsp3) is 0.435. The Labute approximate surface area is 187 Å². The van der Waals surface area contributed by atoms with E-state index in [2.05, 4.69) is 40.3 Å². The number of nitrogens with one attached hydrogen (secondary N) is 1. The van der Waals surface area contributed by atoms with E-state index >= 15 is 0 Å². The second kappa shape index (κ2) is 10.2. The molecule has 3 aromatic rings. The summed E-state index contributed by atoms with van der Waals surface area (Å²) >= 11 is 1.41. The number of ether oxygens (including phenoxy) is 1. The van der Waals surface area contributed by atoms with Crippen molar-refractivity contribution >= 4 is 22.4 Å². The molecule has 1 aliphatic heterocycles. The van der Waals surface area contributed by atoms with E-state index in [0.29, 0.717) is 16.7 Å². The van der Waals surface area contributed by atoms with E-state index in [-0.39, 0.29) is 12.0 Å². The summed E-state index contributed by atoms with van der Waals surface area (Å²) in [6, 6.07) is 8.20. The van der Waals surface area contributed by atoms with Gasteiger partial charge in [-0.2, -0.15) is 5.10 Å². The molecule has 1 amide bonds. The molecule has 0 radical (unpaired) electrons. The normalized spacial score (nSPS) is 18.9. The maximum Gasteiger partial charge on any atom is 0.257 e. The predicted molar refractivity (Wildman–Crippen MR) is 122 cm³/mol. The molecule has 0 bridgehead atoms. The maximum atomic E-state index is 12.4. The molecule has 164 valence electrons. The molecule has 1 aliphatic rings. The Bertz CT molecular complexity index is 970. The number of benzene rings is 1. The first-order valence-electron chi connectivity index (χ1n) is 10.8. The molecular weight excluding hydrogens is 410 g/mol. The molecule has 1 N–H and O–H groups in total. The molecular formula is C23H29N5O2S. The third kappa shape index (κ3) is 5.39. The van der Waals surface area contributed by atoms with E-state index in [0.717, 1.165) is 44.6 Å². The molecule has 1 fully saturated rings. The molecule has 0 unspecified atom stereocenters. The summed E-state index contributed by atoms with van der Waals surface area (Å²) in [5.41, 5.74) is 2.99. The lowest BCUT2D eigenvalue weighted by Gasteiger charge is -2.37. The lowest BCUT2D eigenvalue weighted by Crippen LogP contribution is -2.39. The zero-order valence-electron chi connectivity index (χ0n) is 18.0. The molecule has 4 rings (SSSR count). The summed E-state index contributed by atoms with van der Waals surface area (Å²) in [7, 11) is 0. The minimum atomic E-state index is -0.145. The van der Waals surface area contributed by atoms with Crippen molar-refractivity contribution in [3.8, 4) is 0 Å². The summed E-state index contributed by atoms with van der Waals surface area (Å²) in [6.45, 7) is 7.85. The van der Waals surface area contributed by atoms with Crippen LogP contribution < -0.4 is 5.32 Å². The number of hydrogen-bond acceptors (Lipinski definition) is 6. The van der Waals surface area contributed by atoms with Gasteiger partial charge in [0.05, 0.1) is 12.3 Å². The molecule has 8 heteroatoms. The maximum absolute atomic E-state index is 12.4. The van der Waals surface area contributed by atoms with E-state index in [9.17, 15) is 4.79 Å². The van der Waals surface area contributed by atoms with Crippen LogP contribution in [-0.2, 0) is 17.8 Å². The van der Waals surface area contributed by atoms with Crippen molar-refractivity contribution in [2.45, 2.75) is 51.9 Å². The Morgan fingerprint density at radius 1 is 1.32 bits per heavy atom. The Morgan fingerprint density at radius 3 is 2.84 bits per heavy atom. The number of hydrogen-bond donors (Lipinski definition) is 1. The van der Waals surface area contributed by atoms with E-state index in [1.807, 2.05) is 40.5 Å². The Kier molecular flexibility index (Phi) is 7.11. The minimum Gasteiger partial charge on any atom is -0.373 e. The molecule has 0 spiro atoms. The van der Waals surface area contributed by atoms with Gasteiger partial charge in [-0.1, -0.05) is 19.1 Å². The smallest absolute Gasteiger partial charge is 0.257 e. The van der Waals surface area contributed by atoms with Crippen LogP contribution in [0.5, 0.6) is 0 Å². The predicted octanol–water partition coefficient (Wildman–Crippen LogP) is 4.35. The summed E-state index contributed by atoms with van der Waals surface area (Å²) in [5.74, 6) is -0.145. The van der Waals surface area contributed by atoms with Crippen molar-refractivity contribution in [1.29, 1.82) is 0 Å². The third-order valence-corrected chi connectivity index (χ3v) is 6.46. The Hall–Kier alpha value is -2.55. The number of carbonyl (C=O) groups excluding carboxylic acids is 1. The van der Waals surface area contributed by atoms with Crippen LogP contribution in [0.4, 0.5) is 5.13 Å². The van der Waals surface area contributed by atoms with E-state index < -0.39 is 0 Å². The van der Waals surface area contributed by atoms with Gasteiger partial charge in [-0.15, -0.1) is 11.3 Å². The van der Waals surface area contributed by atoms with E-state index in [1.54, 1.807) is 6.20 Å². The zero-order valence-corrected chi connectivity index (χ0v) is 18.8. The van der Waals surface area contributed by atoms with Crippen LogP contribution in [0.3, 0.4) is 0 Å². The van der Waals surface area contributed by atoms with E-state index in [1.165, 1.54) is 16.9 Å². The van der Waals surface area contributed by atoms with Crippen LogP contribution in [0, 0.1) is 0 Å². The van der Waals surface area contributed by atoms with Crippen molar-refractivity contribution in [3.05, 3.63) is 64.9 Å². The zero-order chi connectivity index (χ0) is 21.6. The standard InChI is InChI=1S/C23H29N5O2S/c1-3-27(15-17-14-25-28(4-2)16-17)20-9-11-30-21(13-20)18-5-7-19(8-6-18)22(29)26-23-24-10-12-31-23/h5-8,10,12,14,16,20-21H,3-4,9,11,13,15H2,1-2H3,(H,24,26,29)/t20-,21+/m1/s1. The van der Waals surface area contributed by atoms with Crippen LogP contribution in [-0.4, -0.2) is 44.8 Å². The van der Waals surface area contributed by atoms with Crippen molar-refractivity contribution in [3.63, 3.8) is 0 Å². The molecule has 2 atom stereocenters. The highest BCUT2D eigenvalue weighted by atomic mass is 32.1. The number of aryl methyl sites for hydroxylation is 1. The Balaban J connectivity index is 1.38. The molecule has 3 heterocycles. The van der Waals surface area contributed by atoms with Gasteiger partial charge in [-0.25, -0.2) is 4.98 Å². The van der Waals surface area contributed by atoms with Crippen LogP contribution >= 0.6 is 11.3 Å². The number of rotatable bonds is 8. The van der Waals surface area contributed by atoms with Gasteiger partial charge < -0.3 is 4.74 Å². The first kappa shape index (κ1) is 21.7. The van der Waals surface area contributed by atoms with Gasteiger partial charge in [0.1, 0.15) is 0 Å². The number of nitrogens with zero attached hydrogens (tertiary/aromatic N) is 4. The second-order valence-electron chi connectivity index (χ2n) is 7.72. The molecule has 1 aromatic carbocycles. The number of anilines is 1. The van der Waals surface area contributed by atoms with Crippen molar-refractivity contribution in [2.75, 3.05) is 18.5 Å². The average molecular weight is 440 g/mol. The molecule has 1 saturated heterocycles. The molecule has 31 heavy (non-hydrogen) atoms. The van der Waals surface area contributed by atoms with Crippen LogP contribution in [0.25, 0.3) is 0 Å². The van der Waals surface area contributed by atoms with Crippen molar-refractivity contribution < 1.29 is 9.53 Å². The quantitative estimate of drug-likeness (QED) is 0.565. The second-order valence-corrected chi connectivity index (χ2v) is 8.61. The molecule has 7 nitrogen and oxygen atoms in total. The number of thiazole rings is 1. The van der Waals surface area contributed by atoms with Crippen LogP contribution in [0.1, 0.15) is 54.3 Å². The topological polar surface area (TPSA) is 72.3 Å². The summed E-state index contributed by atoms with van der Waals surface area (Å²) in [6.07, 6.45) is 7.80.